The van der Waals surface area contributed by atoms with E-state index in [1.165, 1.54) is 12.3 Å². The Morgan fingerprint density at radius 3 is 2.74 bits per heavy atom. The van der Waals surface area contributed by atoms with Crippen LogP contribution in [0.3, 0.4) is 0 Å². The van der Waals surface area contributed by atoms with Crippen LogP contribution < -0.4 is 5.11 Å². The predicted octanol–water partition coefficient (Wildman–Crippen LogP) is -1.21. The Balaban J connectivity index is 2.02. The van der Waals surface area contributed by atoms with Gasteiger partial charge in [-0.1, -0.05) is 12.6 Å². The molecule has 1 saturated heterocycles. The number of β-lactam (4-membered cyclic amide) rings is 1. The standard InChI is InChI=1S/C17H14N2O7S/c1-2-13(20)26-8-10-9-27(24,25)16-12(7-11-5-3-4-6-18-11)15(21)19(16)14(10)17(22)23/h2-7,16H,1,8-9H2,(H,22,23)/p-1/b12-7-. The molecule has 0 N–H and O–H groups in total. The van der Waals surface area contributed by atoms with E-state index < -0.39 is 51.1 Å². The van der Waals surface area contributed by atoms with E-state index >= 15 is 0 Å². The molecule has 2 aliphatic rings. The zero-order valence-corrected chi connectivity index (χ0v) is 14.6. The van der Waals surface area contributed by atoms with E-state index in [2.05, 4.69) is 11.6 Å². The molecule has 1 atom stereocenters. The summed E-state index contributed by atoms with van der Waals surface area (Å²) in [5, 5.41) is 10.1. The van der Waals surface area contributed by atoms with Crippen molar-refractivity contribution in [2.45, 2.75) is 5.37 Å². The molecule has 27 heavy (non-hydrogen) atoms. The topological polar surface area (TPSA) is 134 Å². The molecule has 10 heteroatoms. The van der Waals surface area contributed by atoms with Crippen molar-refractivity contribution in [2.75, 3.05) is 12.4 Å². The van der Waals surface area contributed by atoms with E-state index in [0.29, 0.717) is 10.6 Å². The highest BCUT2D eigenvalue weighted by molar-refractivity contribution is 7.92. The molecule has 3 heterocycles. The number of carbonyl (C=O) groups excluding carboxylic acids is 3. The van der Waals surface area contributed by atoms with Crippen LogP contribution in [0.1, 0.15) is 5.69 Å². The second-order valence-corrected chi connectivity index (χ2v) is 7.80. The molecular weight excluding hydrogens is 376 g/mol. The van der Waals surface area contributed by atoms with E-state index in [1.807, 2.05) is 0 Å². The monoisotopic (exact) mass is 389 g/mol. The Bertz CT molecular complexity index is 1010. The summed E-state index contributed by atoms with van der Waals surface area (Å²) in [6, 6.07) is 4.89. The summed E-state index contributed by atoms with van der Waals surface area (Å²) in [5.74, 6) is -4.06. The number of esters is 1. The van der Waals surface area contributed by atoms with Crippen LogP contribution in [-0.4, -0.2) is 53.9 Å². The summed E-state index contributed by atoms with van der Waals surface area (Å²) < 4.78 is 30.0. The van der Waals surface area contributed by atoms with Gasteiger partial charge in [0.2, 0.25) is 0 Å². The molecule has 1 unspecified atom stereocenters. The number of sulfone groups is 1. The first-order valence-electron chi connectivity index (χ1n) is 7.66. The van der Waals surface area contributed by atoms with Crippen molar-refractivity contribution in [3.05, 3.63) is 59.6 Å². The number of fused-ring (bicyclic) bond motifs is 1. The highest BCUT2D eigenvalue weighted by Gasteiger charge is 2.55. The van der Waals surface area contributed by atoms with Gasteiger partial charge in [-0.25, -0.2) is 13.2 Å². The fourth-order valence-corrected chi connectivity index (χ4v) is 4.82. The lowest BCUT2D eigenvalue weighted by atomic mass is 10.0. The second-order valence-electron chi connectivity index (χ2n) is 5.74. The summed E-state index contributed by atoms with van der Waals surface area (Å²) in [6.45, 7) is 2.58. The lowest BCUT2D eigenvalue weighted by molar-refractivity contribution is -0.301. The molecule has 0 radical (unpaired) electrons. The molecule has 1 aromatic rings. The van der Waals surface area contributed by atoms with Gasteiger partial charge in [-0.3, -0.25) is 14.7 Å². The third-order valence-corrected chi connectivity index (χ3v) is 5.89. The molecule has 0 spiro atoms. The summed E-state index contributed by atoms with van der Waals surface area (Å²) in [4.78, 5) is 39.8. The first-order chi connectivity index (χ1) is 12.8. The lowest BCUT2D eigenvalue weighted by Gasteiger charge is -2.46. The van der Waals surface area contributed by atoms with E-state index in [9.17, 15) is 27.9 Å². The fraction of sp³-hybridized carbons (Fsp3) is 0.176. The molecule has 1 fully saturated rings. The Labute approximate surface area is 154 Å². The van der Waals surface area contributed by atoms with Crippen LogP contribution in [-0.2, 0) is 29.0 Å². The van der Waals surface area contributed by atoms with Gasteiger partial charge >= 0.3 is 5.97 Å². The molecule has 1 aromatic heterocycles. The van der Waals surface area contributed by atoms with Crippen molar-refractivity contribution in [1.82, 2.24) is 9.88 Å². The Morgan fingerprint density at radius 2 is 2.15 bits per heavy atom. The zero-order chi connectivity index (χ0) is 19.8. The van der Waals surface area contributed by atoms with Crippen molar-refractivity contribution in [3.63, 3.8) is 0 Å². The van der Waals surface area contributed by atoms with Crippen LogP contribution in [0.2, 0.25) is 0 Å². The number of aliphatic carboxylic acids is 1. The van der Waals surface area contributed by atoms with Gasteiger partial charge in [0.1, 0.15) is 6.61 Å². The predicted molar refractivity (Wildman–Crippen MR) is 89.8 cm³/mol. The van der Waals surface area contributed by atoms with Crippen LogP contribution in [0.25, 0.3) is 6.08 Å². The SMILES string of the molecule is C=CC(=O)OCC1=C(C(=O)[O-])N2C(=O)/C(=C/c3ccccn3)C2S(=O)(=O)C1. The average molecular weight is 389 g/mol. The fourth-order valence-electron chi connectivity index (χ4n) is 2.88. The minimum absolute atomic E-state index is 0.0883. The Hall–Kier alpha value is -3.27. The molecule has 0 aliphatic carbocycles. The third-order valence-electron chi connectivity index (χ3n) is 4.00. The van der Waals surface area contributed by atoms with Gasteiger partial charge in [-0.2, -0.15) is 0 Å². The maximum Gasteiger partial charge on any atom is 0.330 e. The number of pyridine rings is 1. The van der Waals surface area contributed by atoms with Crippen molar-refractivity contribution in [3.8, 4) is 0 Å². The normalized spacial score (nSPS) is 22.1. The van der Waals surface area contributed by atoms with Crippen molar-refractivity contribution in [1.29, 1.82) is 0 Å². The summed E-state index contributed by atoms with van der Waals surface area (Å²) >= 11 is 0. The highest BCUT2D eigenvalue weighted by atomic mass is 32.2. The molecule has 0 saturated carbocycles. The van der Waals surface area contributed by atoms with Crippen LogP contribution >= 0.6 is 0 Å². The minimum Gasteiger partial charge on any atom is -0.543 e. The third kappa shape index (κ3) is 3.26. The smallest absolute Gasteiger partial charge is 0.330 e. The molecule has 0 bridgehead atoms. The van der Waals surface area contributed by atoms with Gasteiger partial charge in [0.05, 0.1) is 28.7 Å². The first kappa shape index (κ1) is 18.5. The maximum absolute atomic E-state index is 12.6. The van der Waals surface area contributed by atoms with E-state index in [0.717, 1.165) is 6.08 Å². The van der Waals surface area contributed by atoms with Crippen LogP contribution in [0.5, 0.6) is 0 Å². The summed E-state index contributed by atoms with van der Waals surface area (Å²) in [5.41, 5.74) is -0.573. The van der Waals surface area contributed by atoms with Crippen molar-refractivity contribution >= 4 is 33.8 Å². The quantitative estimate of drug-likeness (QED) is 0.348. The second kappa shape index (κ2) is 6.80. The van der Waals surface area contributed by atoms with Gasteiger partial charge in [0, 0.05) is 17.8 Å². The number of carboxylic acids is 1. The van der Waals surface area contributed by atoms with Crippen LogP contribution in [0.4, 0.5) is 0 Å². The van der Waals surface area contributed by atoms with Gasteiger partial charge in [-0.05, 0) is 18.2 Å². The van der Waals surface area contributed by atoms with Gasteiger partial charge in [0.15, 0.2) is 15.2 Å². The molecule has 2 aliphatic heterocycles. The number of carbonyl (C=O) groups is 3. The van der Waals surface area contributed by atoms with E-state index in [1.54, 1.807) is 18.2 Å². The largest absolute Gasteiger partial charge is 0.543 e. The number of rotatable bonds is 5. The van der Waals surface area contributed by atoms with E-state index in [4.69, 9.17) is 4.74 Å². The van der Waals surface area contributed by atoms with Gasteiger partial charge in [-0.15, -0.1) is 0 Å². The molecule has 3 rings (SSSR count). The Kier molecular flexibility index (Phi) is 4.66. The van der Waals surface area contributed by atoms with Gasteiger partial charge in [0.25, 0.3) is 5.91 Å². The number of ether oxygens (including phenoxy) is 1. The number of amides is 1. The first-order valence-corrected chi connectivity index (χ1v) is 9.38. The number of aromatic nitrogens is 1. The molecular formula is C17H13N2O7S-. The van der Waals surface area contributed by atoms with Gasteiger partial charge < -0.3 is 14.6 Å². The highest BCUT2D eigenvalue weighted by Crippen LogP contribution is 2.40. The van der Waals surface area contributed by atoms with Crippen molar-refractivity contribution in [2.24, 2.45) is 0 Å². The summed E-state index contributed by atoms with van der Waals surface area (Å²) in [7, 11) is -3.95. The Morgan fingerprint density at radius 1 is 1.41 bits per heavy atom. The van der Waals surface area contributed by atoms with E-state index in [-0.39, 0.29) is 11.1 Å². The zero-order valence-electron chi connectivity index (χ0n) is 13.8. The molecule has 1 amide bonds. The average Bonchev–Trinajstić information content (AvgIpc) is 2.63. The van der Waals surface area contributed by atoms with Crippen LogP contribution in [0, 0.1) is 0 Å². The molecule has 9 nitrogen and oxygen atoms in total. The number of carboxylic acid groups (broad SMARTS) is 1. The number of nitrogens with zero attached hydrogens (tertiary/aromatic N) is 2. The summed E-state index contributed by atoms with van der Waals surface area (Å²) in [6.07, 6.45) is 3.62. The minimum atomic E-state index is -3.95. The number of hydrogen-bond donors (Lipinski definition) is 0. The number of hydrogen-bond acceptors (Lipinski definition) is 8. The maximum atomic E-state index is 12.6. The molecule has 0 aromatic carbocycles. The van der Waals surface area contributed by atoms with Crippen LogP contribution in [0.15, 0.2) is 53.9 Å². The molecule has 140 valence electrons. The van der Waals surface area contributed by atoms with Crippen molar-refractivity contribution < 1.29 is 32.6 Å². The lowest BCUT2D eigenvalue weighted by Crippen LogP contribution is -2.63.